The zero-order valence-electron chi connectivity index (χ0n) is 11.0. The Morgan fingerprint density at radius 3 is 2.80 bits per heavy atom. The van der Waals surface area contributed by atoms with E-state index >= 15 is 0 Å². The molecule has 3 aromatic rings. The molecule has 0 unspecified atom stereocenters. The van der Waals surface area contributed by atoms with Crippen LogP contribution in [0.5, 0.6) is 0 Å². The smallest absolute Gasteiger partial charge is 0.256 e. The van der Waals surface area contributed by atoms with E-state index in [0.29, 0.717) is 11.3 Å². The topological polar surface area (TPSA) is 54.9 Å². The summed E-state index contributed by atoms with van der Waals surface area (Å²) in [7, 11) is 0. The van der Waals surface area contributed by atoms with Crippen molar-refractivity contribution in [1.82, 2.24) is 9.97 Å². The number of aromatic nitrogens is 2. The number of nitrogens with one attached hydrogen (secondary N) is 1. The minimum absolute atomic E-state index is 0.150. The van der Waals surface area contributed by atoms with Crippen LogP contribution in [0.25, 0.3) is 10.9 Å². The molecule has 0 fully saturated rings. The minimum Gasteiger partial charge on any atom is -0.320 e. The lowest BCUT2D eigenvalue weighted by Crippen LogP contribution is -2.13. The van der Waals surface area contributed by atoms with Crippen molar-refractivity contribution in [2.75, 3.05) is 5.32 Å². The summed E-state index contributed by atoms with van der Waals surface area (Å²) >= 11 is 0. The largest absolute Gasteiger partial charge is 0.320 e. The highest BCUT2D eigenvalue weighted by atomic mass is 16.1. The highest BCUT2D eigenvalue weighted by Crippen LogP contribution is 2.21. The van der Waals surface area contributed by atoms with E-state index in [9.17, 15) is 4.79 Å². The van der Waals surface area contributed by atoms with Gasteiger partial charge in [0, 0.05) is 29.5 Å². The van der Waals surface area contributed by atoms with Crippen molar-refractivity contribution in [3.05, 3.63) is 66.1 Å². The van der Waals surface area contributed by atoms with Gasteiger partial charge in [-0.3, -0.25) is 14.8 Å². The lowest BCUT2D eigenvalue weighted by Gasteiger charge is -2.09. The predicted octanol–water partition coefficient (Wildman–Crippen LogP) is 3.19. The van der Waals surface area contributed by atoms with Gasteiger partial charge in [-0.25, -0.2) is 0 Å². The highest BCUT2D eigenvalue weighted by molar-refractivity contribution is 6.08. The van der Waals surface area contributed by atoms with Gasteiger partial charge in [0.05, 0.1) is 11.2 Å². The summed E-state index contributed by atoms with van der Waals surface area (Å²) in [6, 6.07) is 11.3. The van der Waals surface area contributed by atoms with Crippen LogP contribution in [0.3, 0.4) is 0 Å². The van der Waals surface area contributed by atoms with Crippen molar-refractivity contribution in [3.8, 4) is 0 Å². The predicted molar refractivity (Wildman–Crippen MR) is 78.7 cm³/mol. The summed E-state index contributed by atoms with van der Waals surface area (Å²) in [4.78, 5) is 20.6. The van der Waals surface area contributed by atoms with Crippen LogP contribution in [0.15, 0.2) is 55.0 Å². The number of para-hydroxylation sites is 1. The number of carbonyl (C=O) groups excluding carboxylic acids is 1. The van der Waals surface area contributed by atoms with Gasteiger partial charge in [-0.2, -0.15) is 0 Å². The van der Waals surface area contributed by atoms with Crippen LogP contribution >= 0.6 is 0 Å². The second kappa shape index (κ2) is 5.09. The van der Waals surface area contributed by atoms with Crippen molar-refractivity contribution in [2.45, 2.75) is 6.92 Å². The summed E-state index contributed by atoms with van der Waals surface area (Å²) in [6.07, 6.45) is 5.01. The van der Waals surface area contributed by atoms with Crippen LogP contribution in [0.1, 0.15) is 15.9 Å². The number of aryl methyl sites for hydroxylation is 1. The van der Waals surface area contributed by atoms with Crippen LogP contribution in [0.4, 0.5) is 5.69 Å². The Labute approximate surface area is 116 Å². The lowest BCUT2D eigenvalue weighted by molar-refractivity contribution is 0.102. The fraction of sp³-hybridized carbons (Fsp3) is 0.0625. The summed E-state index contributed by atoms with van der Waals surface area (Å²) in [5.74, 6) is -0.150. The van der Waals surface area contributed by atoms with Gasteiger partial charge in [-0.1, -0.05) is 18.2 Å². The van der Waals surface area contributed by atoms with E-state index in [0.717, 1.165) is 16.5 Å². The van der Waals surface area contributed by atoms with Crippen LogP contribution in [-0.2, 0) is 0 Å². The number of anilines is 1. The quantitative estimate of drug-likeness (QED) is 0.772. The number of carbonyl (C=O) groups is 1. The summed E-state index contributed by atoms with van der Waals surface area (Å²) < 4.78 is 0. The SMILES string of the molecule is Cc1cnccc1C(=O)Nc1cccc2cccnc12. The average Bonchev–Trinajstić information content (AvgIpc) is 2.48. The normalized spacial score (nSPS) is 10.4. The van der Waals surface area contributed by atoms with Crippen LogP contribution in [-0.4, -0.2) is 15.9 Å². The van der Waals surface area contributed by atoms with Crippen molar-refractivity contribution < 1.29 is 4.79 Å². The molecule has 2 heterocycles. The molecule has 0 radical (unpaired) electrons. The molecule has 3 rings (SSSR count). The molecule has 0 aliphatic heterocycles. The molecule has 1 N–H and O–H groups in total. The van der Waals surface area contributed by atoms with Crippen molar-refractivity contribution in [1.29, 1.82) is 0 Å². The monoisotopic (exact) mass is 263 g/mol. The highest BCUT2D eigenvalue weighted by Gasteiger charge is 2.10. The van der Waals surface area contributed by atoms with Crippen LogP contribution < -0.4 is 5.32 Å². The number of rotatable bonds is 2. The fourth-order valence-corrected chi connectivity index (χ4v) is 2.12. The molecule has 4 nitrogen and oxygen atoms in total. The number of hydrogen-bond donors (Lipinski definition) is 1. The van der Waals surface area contributed by atoms with E-state index in [1.54, 1.807) is 24.7 Å². The average molecular weight is 263 g/mol. The molecule has 0 atom stereocenters. The molecular formula is C16H13N3O. The van der Waals surface area contributed by atoms with Gasteiger partial charge in [0.2, 0.25) is 0 Å². The van der Waals surface area contributed by atoms with Crippen molar-refractivity contribution in [2.24, 2.45) is 0 Å². The second-order valence-electron chi connectivity index (χ2n) is 4.53. The van der Waals surface area contributed by atoms with E-state index in [-0.39, 0.29) is 5.91 Å². The Bertz CT molecular complexity index is 778. The van der Waals surface area contributed by atoms with Gasteiger partial charge in [0.1, 0.15) is 0 Å². The number of fused-ring (bicyclic) bond motifs is 1. The molecule has 20 heavy (non-hydrogen) atoms. The van der Waals surface area contributed by atoms with E-state index in [4.69, 9.17) is 0 Å². The molecule has 0 saturated carbocycles. The first-order valence-corrected chi connectivity index (χ1v) is 6.31. The molecule has 0 bridgehead atoms. The maximum absolute atomic E-state index is 12.3. The molecule has 1 aromatic carbocycles. The van der Waals surface area contributed by atoms with Gasteiger partial charge in [0.25, 0.3) is 5.91 Å². The number of amides is 1. The van der Waals surface area contributed by atoms with E-state index in [2.05, 4.69) is 15.3 Å². The molecule has 98 valence electrons. The standard InChI is InChI=1S/C16H13N3O/c1-11-10-17-9-7-13(11)16(20)19-14-6-2-4-12-5-3-8-18-15(12)14/h2-10H,1H3,(H,19,20). The Hall–Kier alpha value is -2.75. The number of hydrogen-bond acceptors (Lipinski definition) is 3. The Kier molecular flexibility index (Phi) is 3.13. The van der Waals surface area contributed by atoms with Gasteiger partial charge in [-0.15, -0.1) is 0 Å². The van der Waals surface area contributed by atoms with Gasteiger partial charge >= 0.3 is 0 Å². The molecule has 4 heteroatoms. The van der Waals surface area contributed by atoms with E-state index in [1.165, 1.54) is 0 Å². The minimum atomic E-state index is -0.150. The summed E-state index contributed by atoms with van der Waals surface area (Å²) in [5.41, 5.74) is 2.96. The molecule has 2 aromatic heterocycles. The third kappa shape index (κ3) is 2.23. The van der Waals surface area contributed by atoms with Gasteiger partial charge in [-0.05, 0) is 30.7 Å². The number of pyridine rings is 2. The molecule has 0 saturated heterocycles. The zero-order valence-corrected chi connectivity index (χ0v) is 11.0. The van der Waals surface area contributed by atoms with Crippen LogP contribution in [0, 0.1) is 6.92 Å². The maximum Gasteiger partial charge on any atom is 0.256 e. The van der Waals surface area contributed by atoms with E-state index < -0.39 is 0 Å². The number of nitrogens with zero attached hydrogens (tertiary/aromatic N) is 2. The fourth-order valence-electron chi connectivity index (χ4n) is 2.12. The third-order valence-electron chi connectivity index (χ3n) is 3.15. The van der Waals surface area contributed by atoms with Crippen molar-refractivity contribution in [3.63, 3.8) is 0 Å². The molecule has 0 aliphatic carbocycles. The first-order chi connectivity index (χ1) is 9.75. The van der Waals surface area contributed by atoms with E-state index in [1.807, 2.05) is 37.3 Å². The zero-order chi connectivity index (χ0) is 13.9. The van der Waals surface area contributed by atoms with Crippen molar-refractivity contribution >= 4 is 22.5 Å². The Morgan fingerprint density at radius 1 is 1.10 bits per heavy atom. The first kappa shape index (κ1) is 12.3. The summed E-state index contributed by atoms with van der Waals surface area (Å²) in [6.45, 7) is 1.86. The van der Waals surface area contributed by atoms with Gasteiger partial charge in [0.15, 0.2) is 0 Å². The molecule has 0 aliphatic rings. The molecule has 1 amide bonds. The lowest BCUT2D eigenvalue weighted by atomic mass is 10.1. The summed E-state index contributed by atoms with van der Waals surface area (Å²) in [5, 5.41) is 3.91. The van der Waals surface area contributed by atoms with Gasteiger partial charge < -0.3 is 5.32 Å². The second-order valence-corrected chi connectivity index (χ2v) is 4.53. The first-order valence-electron chi connectivity index (χ1n) is 6.31. The van der Waals surface area contributed by atoms with Crippen LogP contribution in [0.2, 0.25) is 0 Å². The third-order valence-corrected chi connectivity index (χ3v) is 3.15. The number of benzene rings is 1. The Balaban J connectivity index is 1.98. The maximum atomic E-state index is 12.3. The Morgan fingerprint density at radius 2 is 1.95 bits per heavy atom. The molecule has 0 spiro atoms. The molecular weight excluding hydrogens is 250 g/mol.